The monoisotopic (exact) mass is 507 g/mol. The molecule has 0 spiro atoms. The molecule has 0 aliphatic carbocycles. The molecule has 0 saturated heterocycles. The van der Waals surface area contributed by atoms with E-state index in [9.17, 15) is 22.8 Å². The van der Waals surface area contributed by atoms with E-state index in [0.717, 1.165) is 5.56 Å². The number of carboxylic acid groups (broad SMARTS) is 1. The third-order valence-electron chi connectivity index (χ3n) is 5.84. The molecular weight excluding hydrogens is 483 g/mol. The third kappa shape index (κ3) is 6.49. The maximum absolute atomic E-state index is 13.7. The van der Waals surface area contributed by atoms with E-state index in [1.165, 1.54) is 36.4 Å². The van der Waals surface area contributed by atoms with Crippen molar-refractivity contribution in [3.05, 3.63) is 95.7 Å². The lowest BCUT2D eigenvalue weighted by atomic mass is 10.0. The molecule has 0 aliphatic rings. The summed E-state index contributed by atoms with van der Waals surface area (Å²) in [5, 5.41) is 11.0. The quantitative estimate of drug-likeness (QED) is 0.266. The maximum Gasteiger partial charge on any atom is 0.412 e. The number of aliphatic carboxylic acids is 1. The van der Waals surface area contributed by atoms with E-state index in [4.69, 9.17) is 10.1 Å². The number of unbranched alkanes of at least 4 members (excludes halogenated alkanes) is 1. The number of hydrogen-bond donors (Lipinski definition) is 2. The van der Waals surface area contributed by atoms with E-state index in [1.54, 1.807) is 12.1 Å². The Kier molecular flexibility index (Phi) is 7.81. The standard InChI is InChI=1S/C28H24F3N3O3/c29-28(30,31)26(19-11-5-2-6-12-19)34-27(37)20-15-16-21-23(17-20)32-22(13-7-8-14-24(35)36)25(33-21)18-9-3-1-4-10-18/h1-6,9-12,15-17,26H,7-8,13-14H2,(H,34,37)(H,35,36)/t26-/m0/s1. The number of fused-ring (bicyclic) bond motifs is 1. The number of carbonyl (C=O) groups is 2. The number of halogens is 3. The van der Waals surface area contributed by atoms with Crippen molar-refractivity contribution in [2.75, 3.05) is 0 Å². The molecule has 0 saturated carbocycles. The number of rotatable bonds is 9. The number of aromatic nitrogens is 2. The Morgan fingerprint density at radius 3 is 2.19 bits per heavy atom. The van der Waals surface area contributed by atoms with Gasteiger partial charge in [-0.05, 0) is 43.0 Å². The Bertz CT molecular complexity index is 1390. The molecule has 0 unspecified atom stereocenters. The van der Waals surface area contributed by atoms with Gasteiger partial charge in [0.1, 0.15) is 0 Å². The molecule has 1 heterocycles. The molecule has 190 valence electrons. The van der Waals surface area contributed by atoms with Crippen LogP contribution in [0.3, 0.4) is 0 Å². The van der Waals surface area contributed by atoms with Crippen LogP contribution in [0.4, 0.5) is 13.2 Å². The van der Waals surface area contributed by atoms with Gasteiger partial charge >= 0.3 is 12.1 Å². The smallest absolute Gasteiger partial charge is 0.412 e. The van der Waals surface area contributed by atoms with Crippen LogP contribution < -0.4 is 5.32 Å². The first kappa shape index (κ1) is 25.8. The minimum atomic E-state index is -4.68. The summed E-state index contributed by atoms with van der Waals surface area (Å²) in [7, 11) is 0. The fourth-order valence-electron chi connectivity index (χ4n) is 4.02. The Morgan fingerprint density at radius 2 is 1.54 bits per heavy atom. The Hall–Kier alpha value is -4.27. The number of alkyl halides is 3. The second-order valence-corrected chi connectivity index (χ2v) is 8.55. The normalized spacial score (nSPS) is 12.3. The van der Waals surface area contributed by atoms with Crippen molar-refractivity contribution in [1.82, 2.24) is 15.3 Å². The summed E-state index contributed by atoms with van der Waals surface area (Å²) >= 11 is 0. The number of aryl methyl sites for hydroxylation is 1. The maximum atomic E-state index is 13.7. The molecule has 4 aromatic rings. The van der Waals surface area contributed by atoms with Gasteiger partial charge in [-0.3, -0.25) is 9.59 Å². The number of amides is 1. The number of hydrogen-bond acceptors (Lipinski definition) is 4. The van der Waals surface area contributed by atoms with Gasteiger partial charge in [-0.1, -0.05) is 60.7 Å². The molecule has 2 N–H and O–H groups in total. The van der Waals surface area contributed by atoms with E-state index in [1.807, 2.05) is 30.3 Å². The molecule has 0 radical (unpaired) electrons. The molecule has 0 aliphatic heterocycles. The Morgan fingerprint density at radius 1 is 0.865 bits per heavy atom. The molecule has 1 atom stereocenters. The predicted molar refractivity (Wildman–Crippen MR) is 133 cm³/mol. The highest BCUT2D eigenvalue weighted by molar-refractivity contribution is 5.97. The first-order valence-electron chi connectivity index (χ1n) is 11.7. The van der Waals surface area contributed by atoms with Gasteiger partial charge in [-0.15, -0.1) is 0 Å². The minimum Gasteiger partial charge on any atom is -0.481 e. The Balaban J connectivity index is 1.66. The second kappa shape index (κ2) is 11.2. The number of benzene rings is 3. The van der Waals surface area contributed by atoms with E-state index < -0.39 is 24.1 Å². The largest absolute Gasteiger partial charge is 0.481 e. The van der Waals surface area contributed by atoms with Crippen LogP contribution >= 0.6 is 0 Å². The van der Waals surface area contributed by atoms with Crippen molar-refractivity contribution in [2.45, 2.75) is 37.9 Å². The summed E-state index contributed by atoms with van der Waals surface area (Å²) in [5.74, 6) is -1.76. The zero-order valence-electron chi connectivity index (χ0n) is 19.7. The molecule has 1 aromatic heterocycles. The minimum absolute atomic E-state index is 0.0243. The highest BCUT2D eigenvalue weighted by Crippen LogP contribution is 2.33. The molecule has 4 rings (SSSR count). The van der Waals surface area contributed by atoms with E-state index in [0.29, 0.717) is 41.7 Å². The van der Waals surface area contributed by atoms with Crippen LogP contribution in [-0.2, 0) is 11.2 Å². The molecule has 1 amide bonds. The van der Waals surface area contributed by atoms with Crippen molar-refractivity contribution in [2.24, 2.45) is 0 Å². The predicted octanol–water partition coefficient (Wildman–Crippen LogP) is 6.13. The van der Waals surface area contributed by atoms with Gasteiger partial charge in [0.05, 0.1) is 22.4 Å². The average molecular weight is 508 g/mol. The molecule has 0 bridgehead atoms. The van der Waals surface area contributed by atoms with Gasteiger partial charge in [0.2, 0.25) is 0 Å². The number of carboxylic acids is 1. The van der Waals surface area contributed by atoms with Gasteiger partial charge in [-0.2, -0.15) is 13.2 Å². The molecule has 6 nitrogen and oxygen atoms in total. The summed E-state index contributed by atoms with van der Waals surface area (Å²) in [5.41, 5.74) is 2.91. The van der Waals surface area contributed by atoms with Crippen LogP contribution in [-0.4, -0.2) is 33.1 Å². The van der Waals surface area contributed by atoms with Crippen LogP contribution in [0.5, 0.6) is 0 Å². The molecule has 37 heavy (non-hydrogen) atoms. The zero-order chi connectivity index (χ0) is 26.4. The van der Waals surface area contributed by atoms with E-state index in [-0.39, 0.29) is 17.5 Å². The first-order valence-corrected chi connectivity index (χ1v) is 11.7. The lowest BCUT2D eigenvalue weighted by Crippen LogP contribution is -2.38. The van der Waals surface area contributed by atoms with Crippen LogP contribution in [0.1, 0.15) is 46.9 Å². The summed E-state index contributed by atoms with van der Waals surface area (Å²) in [6.45, 7) is 0. The molecule has 3 aromatic carbocycles. The fraction of sp³-hybridized carbons (Fsp3) is 0.214. The van der Waals surface area contributed by atoms with Gasteiger partial charge in [-0.25, -0.2) is 9.97 Å². The summed E-state index contributed by atoms with van der Waals surface area (Å²) in [4.78, 5) is 33.1. The highest BCUT2D eigenvalue weighted by Gasteiger charge is 2.42. The van der Waals surface area contributed by atoms with E-state index in [2.05, 4.69) is 10.3 Å². The van der Waals surface area contributed by atoms with Crippen molar-refractivity contribution in [3.63, 3.8) is 0 Å². The SMILES string of the molecule is O=C(O)CCCCc1nc2cc(C(=O)N[C@@H](c3ccccc3)C(F)(F)F)ccc2nc1-c1ccccc1. The molecule has 9 heteroatoms. The van der Waals surface area contributed by atoms with Gasteiger partial charge in [0.15, 0.2) is 6.04 Å². The number of carbonyl (C=O) groups excluding carboxylic acids is 1. The first-order chi connectivity index (χ1) is 17.7. The number of nitrogens with zero attached hydrogens (tertiary/aromatic N) is 2. The summed E-state index contributed by atoms with van der Waals surface area (Å²) in [6.07, 6.45) is -3.16. The lowest BCUT2D eigenvalue weighted by Gasteiger charge is -2.22. The van der Waals surface area contributed by atoms with Gasteiger partial charge < -0.3 is 10.4 Å². The molecular formula is C28H24F3N3O3. The van der Waals surface area contributed by atoms with E-state index >= 15 is 0 Å². The summed E-state index contributed by atoms with van der Waals surface area (Å²) < 4.78 is 41.2. The van der Waals surface area contributed by atoms with Crippen LogP contribution in [0.2, 0.25) is 0 Å². The van der Waals surface area contributed by atoms with Gasteiger partial charge in [0.25, 0.3) is 5.91 Å². The van der Waals surface area contributed by atoms with Crippen molar-refractivity contribution >= 4 is 22.9 Å². The average Bonchev–Trinajstić information content (AvgIpc) is 2.89. The van der Waals surface area contributed by atoms with Crippen molar-refractivity contribution < 1.29 is 27.9 Å². The van der Waals surface area contributed by atoms with Crippen LogP contribution in [0.15, 0.2) is 78.9 Å². The zero-order valence-corrected chi connectivity index (χ0v) is 19.7. The summed E-state index contributed by atoms with van der Waals surface area (Å²) in [6, 6.07) is 18.8. The number of nitrogens with one attached hydrogen (secondary N) is 1. The van der Waals surface area contributed by atoms with Crippen molar-refractivity contribution in [1.29, 1.82) is 0 Å². The third-order valence-corrected chi connectivity index (χ3v) is 5.84. The highest BCUT2D eigenvalue weighted by atomic mass is 19.4. The fourth-order valence-corrected chi connectivity index (χ4v) is 4.02. The second-order valence-electron chi connectivity index (χ2n) is 8.55. The van der Waals surface area contributed by atoms with Crippen LogP contribution in [0, 0.1) is 0 Å². The van der Waals surface area contributed by atoms with Crippen LogP contribution in [0.25, 0.3) is 22.3 Å². The molecule has 0 fully saturated rings. The topological polar surface area (TPSA) is 92.2 Å². The van der Waals surface area contributed by atoms with Gasteiger partial charge in [0, 0.05) is 17.5 Å². The van der Waals surface area contributed by atoms with Crippen molar-refractivity contribution in [3.8, 4) is 11.3 Å². The lowest BCUT2D eigenvalue weighted by molar-refractivity contribution is -0.155. The Labute approximate surface area is 211 Å².